The molecule has 0 heterocycles. The van der Waals surface area contributed by atoms with Gasteiger partial charge in [-0.3, -0.25) is 0 Å². The minimum absolute atomic E-state index is 0.245. The second-order valence-corrected chi connectivity index (χ2v) is 4.20. The van der Waals surface area contributed by atoms with Crippen molar-refractivity contribution in [1.29, 1.82) is 0 Å². The minimum atomic E-state index is -0.245. The van der Waals surface area contributed by atoms with Crippen molar-refractivity contribution in [1.82, 2.24) is 0 Å². The normalized spacial score (nSPS) is 17.9. The van der Waals surface area contributed by atoms with E-state index in [1.807, 2.05) is 13.0 Å². The molecule has 0 spiro atoms. The fourth-order valence-corrected chi connectivity index (χ4v) is 1.98. The molecule has 16 heavy (non-hydrogen) atoms. The third-order valence-corrected chi connectivity index (χ3v) is 2.85. The number of carbonyl (C=O) groups excluding carboxylic acids is 1. The third-order valence-electron chi connectivity index (χ3n) is 2.85. The summed E-state index contributed by atoms with van der Waals surface area (Å²) in [5.74, 6) is -0.245. The van der Waals surface area contributed by atoms with Crippen LogP contribution in [0.5, 0.6) is 0 Å². The van der Waals surface area contributed by atoms with E-state index >= 15 is 0 Å². The third kappa shape index (κ3) is 5.74. The first kappa shape index (κ1) is 13.0. The topological polar surface area (TPSA) is 26.3 Å². The van der Waals surface area contributed by atoms with E-state index in [1.165, 1.54) is 56.6 Å². The van der Waals surface area contributed by atoms with Gasteiger partial charge in [0.15, 0.2) is 0 Å². The van der Waals surface area contributed by atoms with E-state index in [1.54, 1.807) is 0 Å². The molecule has 1 aliphatic carbocycles. The van der Waals surface area contributed by atoms with Crippen LogP contribution in [-0.4, -0.2) is 12.6 Å². The molecule has 0 aromatic carbocycles. The van der Waals surface area contributed by atoms with Crippen LogP contribution in [0.1, 0.15) is 51.9 Å². The van der Waals surface area contributed by atoms with Gasteiger partial charge in [0.25, 0.3) is 0 Å². The number of hydrogen-bond acceptors (Lipinski definition) is 2. The van der Waals surface area contributed by atoms with Crippen LogP contribution < -0.4 is 0 Å². The number of rotatable bonds is 3. The lowest BCUT2D eigenvalue weighted by Gasteiger charge is -2.10. The maximum atomic E-state index is 11.1. The van der Waals surface area contributed by atoms with Crippen LogP contribution in [-0.2, 0) is 9.53 Å². The van der Waals surface area contributed by atoms with Crippen molar-refractivity contribution in [2.75, 3.05) is 6.61 Å². The van der Waals surface area contributed by atoms with E-state index in [4.69, 9.17) is 4.74 Å². The van der Waals surface area contributed by atoms with Crippen LogP contribution in [0.4, 0.5) is 0 Å². The summed E-state index contributed by atoms with van der Waals surface area (Å²) in [6, 6.07) is 0. The van der Waals surface area contributed by atoms with Gasteiger partial charge in [0.1, 0.15) is 0 Å². The molecule has 90 valence electrons. The Morgan fingerprint density at radius 1 is 1.19 bits per heavy atom. The summed E-state index contributed by atoms with van der Waals surface area (Å²) < 4.78 is 4.82. The van der Waals surface area contributed by atoms with Crippen LogP contribution in [0, 0.1) is 0 Å². The van der Waals surface area contributed by atoms with Gasteiger partial charge in [-0.05, 0) is 32.6 Å². The molecule has 0 amide bonds. The Labute approximate surface area is 98.4 Å². The fraction of sp³-hybridized carbons (Fsp3) is 0.643. The van der Waals surface area contributed by atoms with Gasteiger partial charge in [-0.15, -0.1) is 0 Å². The van der Waals surface area contributed by atoms with Crippen molar-refractivity contribution in [2.24, 2.45) is 0 Å². The molecular formula is C14H22O2. The van der Waals surface area contributed by atoms with Crippen LogP contribution in [0.15, 0.2) is 23.8 Å². The fourth-order valence-electron chi connectivity index (χ4n) is 1.98. The first-order valence-electron chi connectivity index (χ1n) is 6.36. The Kier molecular flexibility index (Phi) is 6.62. The van der Waals surface area contributed by atoms with Gasteiger partial charge in [0, 0.05) is 6.08 Å². The Hall–Kier alpha value is -1.05. The van der Waals surface area contributed by atoms with E-state index < -0.39 is 0 Å². The summed E-state index contributed by atoms with van der Waals surface area (Å²) in [5, 5.41) is 0. The summed E-state index contributed by atoms with van der Waals surface area (Å²) in [7, 11) is 0. The quantitative estimate of drug-likeness (QED) is 0.536. The van der Waals surface area contributed by atoms with Gasteiger partial charge in [-0.25, -0.2) is 4.79 Å². The standard InChI is InChI=1S/C14H22O2/c1-2-16-14(15)12-8-11-13-9-6-4-3-5-7-10-13/h8,11-12H,2-7,9-10H2,1H3/b12-8-. The largest absolute Gasteiger partial charge is 0.463 e. The van der Waals surface area contributed by atoms with Gasteiger partial charge in [0.05, 0.1) is 6.61 Å². The van der Waals surface area contributed by atoms with Crippen LogP contribution >= 0.6 is 0 Å². The average molecular weight is 222 g/mol. The second kappa shape index (κ2) is 8.14. The predicted octanol–water partition coefficient (Wildman–Crippen LogP) is 3.78. The van der Waals surface area contributed by atoms with Crippen molar-refractivity contribution in [3.05, 3.63) is 23.8 Å². The summed E-state index contributed by atoms with van der Waals surface area (Å²) >= 11 is 0. The van der Waals surface area contributed by atoms with Gasteiger partial charge in [-0.2, -0.15) is 0 Å². The van der Waals surface area contributed by atoms with Crippen LogP contribution in [0.2, 0.25) is 0 Å². The van der Waals surface area contributed by atoms with Gasteiger partial charge in [-0.1, -0.05) is 37.0 Å². The highest BCUT2D eigenvalue weighted by atomic mass is 16.5. The van der Waals surface area contributed by atoms with Gasteiger partial charge < -0.3 is 4.74 Å². The lowest BCUT2D eigenvalue weighted by Crippen LogP contribution is -1.98. The maximum Gasteiger partial charge on any atom is 0.330 e. The van der Waals surface area contributed by atoms with Crippen LogP contribution in [0.3, 0.4) is 0 Å². The SMILES string of the molecule is CCOC(=O)/C=C\C=C1CCCCCCC1. The molecule has 0 aromatic heterocycles. The number of ether oxygens (including phenoxy) is 1. The van der Waals surface area contributed by atoms with E-state index in [9.17, 15) is 4.79 Å². The summed E-state index contributed by atoms with van der Waals surface area (Å²) in [6.07, 6.45) is 14.5. The molecule has 0 aliphatic heterocycles. The van der Waals surface area contributed by atoms with Crippen molar-refractivity contribution in [3.63, 3.8) is 0 Å². The van der Waals surface area contributed by atoms with Gasteiger partial charge in [0.2, 0.25) is 0 Å². The molecule has 1 fully saturated rings. The molecule has 0 aromatic rings. The number of carbonyl (C=O) groups is 1. The van der Waals surface area contributed by atoms with Gasteiger partial charge >= 0.3 is 5.97 Å². The van der Waals surface area contributed by atoms with E-state index in [2.05, 4.69) is 6.08 Å². The monoisotopic (exact) mass is 222 g/mol. The summed E-state index contributed by atoms with van der Waals surface area (Å²) in [5.41, 5.74) is 1.47. The molecule has 1 aliphatic rings. The molecule has 0 atom stereocenters. The first-order valence-corrected chi connectivity index (χ1v) is 6.36. The lowest BCUT2D eigenvalue weighted by molar-refractivity contribution is -0.137. The average Bonchev–Trinajstić information content (AvgIpc) is 2.21. The second-order valence-electron chi connectivity index (χ2n) is 4.20. The Morgan fingerprint density at radius 2 is 1.81 bits per heavy atom. The highest BCUT2D eigenvalue weighted by Gasteiger charge is 2.02. The minimum Gasteiger partial charge on any atom is -0.463 e. The number of allylic oxidation sites excluding steroid dienone is 3. The van der Waals surface area contributed by atoms with E-state index in [-0.39, 0.29) is 5.97 Å². The molecule has 0 radical (unpaired) electrons. The van der Waals surface area contributed by atoms with Crippen LogP contribution in [0.25, 0.3) is 0 Å². The van der Waals surface area contributed by atoms with E-state index in [0.717, 1.165) is 0 Å². The molecular weight excluding hydrogens is 200 g/mol. The molecule has 0 N–H and O–H groups in total. The molecule has 0 bridgehead atoms. The van der Waals surface area contributed by atoms with E-state index in [0.29, 0.717) is 6.61 Å². The predicted molar refractivity (Wildman–Crippen MR) is 66.2 cm³/mol. The zero-order valence-electron chi connectivity index (χ0n) is 10.2. The Morgan fingerprint density at radius 3 is 2.44 bits per heavy atom. The Balaban J connectivity index is 2.38. The molecule has 0 unspecified atom stereocenters. The molecule has 1 rings (SSSR count). The van der Waals surface area contributed by atoms with Crippen molar-refractivity contribution >= 4 is 5.97 Å². The first-order chi connectivity index (χ1) is 7.83. The lowest BCUT2D eigenvalue weighted by atomic mass is 9.96. The zero-order chi connectivity index (χ0) is 11.6. The smallest absolute Gasteiger partial charge is 0.330 e. The molecule has 2 heteroatoms. The van der Waals surface area contributed by atoms with Crippen molar-refractivity contribution in [3.8, 4) is 0 Å². The highest BCUT2D eigenvalue weighted by Crippen LogP contribution is 2.21. The molecule has 1 saturated carbocycles. The summed E-state index contributed by atoms with van der Waals surface area (Å²) in [4.78, 5) is 11.1. The number of esters is 1. The summed E-state index contributed by atoms with van der Waals surface area (Å²) in [6.45, 7) is 2.26. The Bertz CT molecular complexity index is 254. The zero-order valence-corrected chi connectivity index (χ0v) is 10.2. The maximum absolute atomic E-state index is 11.1. The highest BCUT2D eigenvalue weighted by molar-refractivity contribution is 5.82. The van der Waals surface area contributed by atoms with Crippen molar-refractivity contribution < 1.29 is 9.53 Å². The molecule has 0 saturated heterocycles. The number of hydrogen-bond donors (Lipinski definition) is 0. The molecule has 2 nitrogen and oxygen atoms in total. The van der Waals surface area contributed by atoms with Crippen molar-refractivity contribution in [2.45, 2.75) is 51.9 Å².